The molecule has 1 unspecified atom stereocenters. The van der Waals surface area contributed by atoms with Gasteiger partial charge in [0.15, 0.2) is 0 Å². The molecule has 1 atom stereocenters. The first-order valence-corrected chi connectivity index (χ1v) is 12.8. The van der Waals surface area contributed by atoms with Gasteiger partial charge in [-0.1, -0.05) is 6.92 Å². The molecule has 1 aliphatic heterocycles. The number of benzene rings is 1. The minimum absolute atomic E-state index is 0.0289. The lowest BCUT2D eigenvalue weighted by Gasteiger charge is -2.22. The summed E-state index contributed by atoms with van der Waals surface area (Å²) in [5.41, 5.74) is 3.93. The summed E-state index contributed by atoms with van der Waals surface area (Å²) in [5.74, 6) is 1.13. The van der Waals surface area contributed by atoms with Gasteiger partial charge in [0.1, 0.15) is 18.4 Å². The molecule has 2 fully saturated rings. The number of anilines is 3. The van der Waals surface area contributed by atoms with Gasteiger partial charge in [0, 0.05) is 41.9 Å². The van der Waals surface area contributed by atoms with Crippen LogP contribution in [0.25, 0.3) is 11.3 Å². The fourth-order valence-corrected chi connectivity index (χ4v) is 5.15. The van der Waals surface area contributed by atoms with Crippen molar-refractivity contribution in [3.8, 4) is 17.3 Å². The van der Waals surface area contributed by atoms with E-state index in [0.29, 0.717) is 41.7 Å². The van der Waals surface area contributed by atoms with Gasteiger partial charge in [-0.3, -0.25) is 4.79 Å². The number of nitrogens with one attached hydrogen (secondary N) is 2. The Morgan fingerprint density at radius 2 is 2.05 bits per heavy atom. The van der Waals surface area contributed by atoms with E-state index in [1.165, 1.54) is 0 Å². The van der Waals surface area contributed by atoms with E-state index in [4.69, 9.17) is 4.98 Å². The molecule has 2 aromatic heterocycles. The third kappa shape index (κ3) is 4.40. The Kier molecular flexibility index (Phi) is 5.60. The average Bonchev–Trinajstić information content (AvgIpc) is 3.83. The van der Waals surface area contributed by atoms with E-state index in [9.17, 15) is 15.2 Å². The normalized spacial score (nSPS) is 20.2. The van der Waals surface area contributed by atoms with Crippen LogP contribution in [-0.4, -0.2) is 60.9 Å². The van der Waals surface area contributed by atoms with Crippen molar-refractivity contribution in [1.29, 1.82) is 5.26 Å². The van der Waals surface area contributed by atoms with Crippen LogP contribution in [0.2, 0.25) is 0 Å². The van der Waals surface area contributed by atoms with E-state index in [-0.39, 0.29) is 19.1 Å². The summed E-state index contributed by atoms with van der Waals surface area (Å²) in [6.07, 6.45) is 6.03. The maximum atomic E-state index is 13.1. The SMILES string of the molecule is Cc1cc(Nc2nccc(-c3cc(C#N)c4c(c3)C(C)(CO)CN4)n2)n(CC(=O)N(C2CC2)C2CC2)n1. The fraction of sp³-hybridized carbons (Fsp3) is 0.444. The predicted molar refractivity (Wildman–Crippen MR) is 138 cm³/mol. The number of rotatable bonds is 8. The number of fused-ring (bicyclic) bond motifs is 1. The van der Waals surface area contributed by atoms with Crippen LogP contribution in [0.4, 0.5) is 17.5 Å². The van der Waals surface area contributed by atoms with Crippen LogP contribution in [0.5, 0.6) is 0 Å². The number of nitriles is 1. The zero-order valence-electron chi connectivity index (χ0n) is 21.0. The largest absolute Gasteiger partial charge is 0.395 e. The van der Waals surface area contributed by atoms with Crippen LogP contribution >= 0.6 is 0 Å². The van der Waals surface area contributed by atoms with Gasteiger partial charge in [-0.05, 0) is 56.4 Å². The zero-order chi connectivity index (χ0) is 25.7. The number of carbonyl (C=O) groups excluding carboxylic acids is 1. The van der Waals surface area contributed by atoms with E-state index in [1.807, 2.05) is 26.0 Å². The molecule has 190 valence electrons. The third-order valence-corrected chi connectivity index (χ3v) is 7.46. The maximum absolute atomic E-state index is 13.1. The van der Waals surface area contributed by atoms with Gasteiger partial charge in [0.25, 0.3) is 0 Å². The van der Waals surface area contributed by atoms with Crippen molar-refractivity contribution in [2.24, 2.45) is 0 Å². The van der Waals surface area contributed by atoms with Crippen molar-refractivity contribution in [2.45, 2.75) is 63.6 Å². The smallest absolute Gasteiger partial charge is 0.244 e. The molecular formula is C27H30N8O2. The summed E-state index contributed by atoms with van der Waals surface area (Å²) in [6, 6.07) is 10.5. The molecule has 0 spiro atoms. The Balaban J connectivity index is 1.27. The highest BCUT2D eigenvalue weighted by atomic mass is 16.3. The summed E-state index contributed by atoms with van der Waals surface area (Å²) in [7, 11) is 0. The van der Waals surface area contributed by atoms with Crippen molar-refractivity contribution in [1.82, 2.24) is 24.6 Å². The molecule has 0 saturated heterocycles. The molecular weight excluding hydrogens is 468 g/mol. The Morgan fingerprint density at radius 1 is 1.30 bits per heavy atom. The number of hydrogen-bond donors (Lipinski definition) is 3. The minimum Gasteiger partial charge on any atom is -0.395 e. The summed E-state index contributed by atoms with van der Waals surface area (Å²) in [4.78, 5) is 24.3. The third-order valence-electron chi connectivity index (χ3n) is 7.46. The minimum atomic E-state index is -0.476. The second-order valence-corrected chi connectivity index (χ2v) is 10.6. The number of carbonyl (C=O) groups is 1. The second-order valence-electron chi connectivity index (χ2n) is 10.6. The first kappa shape index (κ1) is 23.4. The van der Waals surface area contributed by atoms with Crippen LogP contribution in [0, 0.1) is 18.3 Å². The Morgan fingerprint density at radius 3 is 2.73 bits per heavy atom. The van der Waals surface area contributed by atoms with Gasteiger partial charge in [-0.15, -0.1) is 0 Å². The summed E-state index contributed by atoms with van der Waals surface area (Å²) in [5, 5.41) is 30.8. The molecule has 10 nitrogen and oxygen atoms in total. The quantitative estimate of drug-likeness (QED) is 0.432. The number of aliphatic hydroxyl groups excluding tert-OH is 1. The number of aliphatic hydroxyl groups is 1. The van der Waals surface area contributed by atoms with Crippen molar-refractivity contribution in [2.75, 3.05) is 23.8 Å². The number of amides is 1. The molecule has 3 aromatic rings. The molecule has 2 aliphatic carbocycles. The lowest BCUT2D eigenvalue weighted by molar-refractivity contribution is -0.133. The van der Waals surface area contributed by atoms with Gasteiger partial charge in [0.2, 0.25) is 11.9 Å². The lowest BCUT2D eigenvalue weighted by atomic mass is 9.83. The number of aromatic nitrogens is 4. The van der Waals surface area contributed by atoms with Crippen LogP contribution in [0.1, 0.15) is 49.4 Å². The van der Waals surface area contributed by atoms with Gasteiger partial charge in [0.05, 0.1) is 29.2 Å². The molecule has 3 N–H and O–H groups in total. The Labute approximate surface area is 215 Å². The Hall–Kier alpha value is -3.97. The van der Waals surface area contributed by atoms with E-state index in [2.05, 4.69) is 31.7 Å². The first-order chi connectivity index (χ1) is 17.9. The molecule has 3 aliphatic rings. The van der Waals surface area contributed by atoms with Crippen molar-refractivity contribution < 1.29 is 9.90 Å². The van der Waals surface area contributed by atoms with Crippen molar-refractivity contribution in [3.63, 3.8) is 0 Å². The van der Waals surface area contributed by atoms with Crippen molar-refractivity contribution in [3.05, 3.63) is 47.3 Å². The maximum Gasteiger partial charge on any atom is 0.244 e. The summed E-state index contributed by atoms with van der Waals surface area (Å²) >= 11 is 0. The summed E-state index contributed by atoms with van der Waals surface area (Å²) in [6.45, 7) is 4.57. The van der Waals surface area contributed by atoms with E-state index in [1.54, 1.807) is 23.0 Å². The molecule has 10 heteroatoms. The van der Waals surface area contributed by atoms with Crippen molar-refractivity contribution >= 4 is 23.4 Å². The number of nitrogens with zero attached hydrogens (tertiary/aromatic N) is 6. The summed E-state index contributed by atoms with van der Waals surface area (Å²) < 4.78 is 1.69. The van der Waals surface area contributed by atoms with E-state index >= 15 is 0 Å². The monoisotopic (exact) mass is 498 g/mol. The van der Waals surface area contributed by atoms with Gasteiger partial charge in [-0.2, -0.15) is 10.4 Å². The first-order valence-electron chi connectivity index (χ1n) is 12.8. The Bertz CT molecular complexity index is 1410. The van der Waals surface area contributed by atoms with E-state index in [0.717, 1.165) is 48.2 Å². The number of aryl methyl sites for hydroxylation is 1. The molecule has 1 aromatic carbocycles. The standard InChI is InChI=1S/C27H30N8O2/c1-16-9-23(34(33-16)13-24(37)35(19-3-4-19)20-5-6-20)32-26-29-8-7-22(31-26)17-10-18(12-28)25-21(11-17)27(2,15-36)14-30-25/h7-11,19-20,30,36H,3-6,13-15H2,1-2H3,(H,29,31,32). The second kappa shape index (κ2) is 8.85. The lowest BCUT2D eigenvalue weighted by Crippen LogP contribution is -2.37. The van der Waals surface area contributed by atoms with Crippen LogP contribution in [0.15, 0.2) is 30.5 Å². The highest BCUT2D eigenvalue weighted by molar-refractivity contribution is 5.78. The highest BCUT2D eigenvalue weighted by Crippen LogP contribution is 2.41. The molecule has 37 heavy (non-hydrogen) atoms. The number of hydrogen-bond acceptors (Lipinski definition) is 8. The highest BCUT2D eigenvalue weighted by Gasteiger charge is 2.42. The fourth-order valence-electron chi connectivity index (χ4n) is 5.15. The molecule has 1 amide bonds. The predicted octanol–water partition coefficient (Wildman–Crippen LogP) is 3.09. The molecule has 6 rings (SSSR count). The van der Waals surface area contributed by atoms with Gasteiger partial charge < -0.3 is 20.6 Å². The molecule has 3 heterocycles. The zero-order valence-corrected chi connectivity index (χ0v) is 21.0. The van der Waals surface area contributed by atoms with Gasteiger partial charge >= 0.3 is 0 Å². The topological polar surface area (TPSA) is 132 Å². The molecule has 0 bridgehead atoms. The van der Waals surface area contributed by atoms with Crippen LogP contribution in [0.3, 0.4) is 0 Å². The van der Waals surface area contributed by atoms with E-state index < -0.39 is 5.41 Å². The van der Waals surface area contributed by atoms with Crippen LogP contribution < -0.4 is 10.6 Å². The molecule has 2 saturated carbocycles. The van der Waals surface area contributed by atoms with Crippen LogP contribution in [-0.2, 0) is 16.8 Å². The van der Waals surface area contributed by atoms with Gasteiger partial charge in [-0.25, -0.2) is 14.6 Å². The molecule has 0 radical (unpaired) electrons. The average molecular weight is 499 g/mol.